The van der Waals surface area contributed by atoms with E-state index in [2.05, 4.69) is 65.0 Å². The van der Waals surface area contributed by atoms with Gasteiger partial charge in [-0.05, 0) is 57.8 Å². The zero-order chi connectivity index (χ0) is 21.1. The van der Waals surface area contributed by atoms with E-state index in [1.54, 1.807) is 0 Å². The van der Waals surface area contributed by atoms with Crippen molar-refractivity contribution in [1.29, 1.82) is 0 Å². The van der Waals surface area contributed by atoms with Crippen LogP contribution in [-0.4, -0.2) is 31.3 Å². The van der Waals surface area contributed by atoms with Gasteiger partial charge in [-0.15, -0.1) is 0 Å². The molecule has 0 aromatic carbocycles. The lowest BCUT2D eigenvalue weighted by atomic mass is 9.94. The van der Waals surface area contributed by atoms with Crippen molar-refractivity contribution in [3.8, 4) is 0 Å². The van der Waals surface area contributed by atoms with Gasteiger partial charge in [-0.1, -0.05) is 63.6 Å². The van der Waals surface area contributed by atoms with Crippen molar-refractivity contribution >= 4 is 11.8 Å². The highest BCUT2D eigenvalue weighted by Gasteiger charge is 2.17. The molecule has 0 aliphatic rings. The van der Waals surface area contributed by atoms with Crippen LogP contribution >= 0.6 is 11.8 Å². The Kier molecular flexibility index (Phi) is 17.5. The van der Waals surface area contributed by atoms with Crippen LogP contribution in [0.5, 0.6) is 0 Å². The van der Waals surface area contributed by atoms with E-state index in [1.165, 1.54) is 5.57 Å². The smallest absolute Gasteiger partial charge is 0.0970 e. The molecule has 0 atom stereocenters. The van der Waals surface area contributed by atoms with Crippen molar-refractivity contribution in [2.24, 2.45) is 5.41 Å². The van der Waals surface area contributed by atoms with Crippen molar-refractivity contribution < 1.29 is 9.47 Å². The number of allylic oxidation sites excluding steroid dienone is 7. The quantitative estimate of drug-likeness (QED) is 0.113. The highest BCUT2D eigenvalue weighted by Crippen LogP contribution is 2.26. The molecule has 0 aliphatic heterocycles. The fourth-order valence-electron chi connectivity index (χ4n) is 2.76. The highest BCUT2D eigenvalue weighted by atomic mass is 32.2. The molecule has 0 aliphatic carbocycles. The fourth-order valence-corrected chi connectivity index (χ4v) is 3.57. The normalized spacial score (nSPS) is 13.8. The summed E-state index contributed by atoms with van der Waals surface area (Å²) >= 11 is 1.98. The lowest BCUT2D eigenvalue weighted by molar-refractivity contribution is 0.135. The van der Waals surface area contributed by atoms with Gasteiger partial charge in [0.05, 0.1) is 19.0 Å². The third-order valence-electron chi connectivity index (χ3n) is 4.21. The van der Waals surface area contributed by atoms with Crippen LogP contribution in [0.15, 0.2) is 47.8 Å². The maximum Gasteiger partial charge on any atom is 0.0970 e. The second-order valence-corrected chi connectivity index (χ2v) is 9.07. The third-order valence-corrected chi connectivity index (χ3v) is 5.16. The molecule has 0 aromatic heterocycles. The van der Waals surface area contributed by atoms with E-state index in [-0.39, 0.29) is 5.41 Å². The summed E-state index contributed by atoms with van der Waals surface area (Å²) in [4.78, 5) is 0. The highest BCUT2D eigenvalue weighted by molar-refractivity contribution is 7.99. The van der Waals surface area contributed by atoms with Crippen molar-refractivity contribution in [3.05, 3.63) is 47.8 Å². The summed E-state index contributed by atoms with van der Waals surface area (Å²) in [6.07, 6.45) is 18.4. The predicted molar refractivity (Wildman–Crippen MR) is 128 cm³/mol. The van der Waals surface area contributed by atoms with Crippen molar-refractivity contribution in [3.63, 3.8) is 0 Å². The molecule has 0 N–H and O–H groups in total. The Morgan fingerprint density at radius 1 is 0.964 bits per heavy atom. The fraction of sp³-hybridized carbons (Fsp3) is 0.680. The largest absolute Gasteiger partial charge is 0.497 e. The number of unbranched alkanes of at least 4 members (excludes halogenated alkanes) is 1. The van der Waals surface area contributed by atoms with E-state index in [0.29, 0.717) is 0 Å². The molecular weight excluding hydrogens is 364 g/mol. The van der Waals surface area contributed by atoms with Gasteiger partial charge >= 0.3 is 0 Å². The Bertz CT molecular complexity index is 481. The first-order chi connectivity index (χ1) is 13.5. The first-order valence-electron chi connectivity index (χ1n) is 10.9. The molecule has 162 valence electrons. The molecule has 28 heavy (non-hydrogen) atoms. The van der Waals surface area contributed by atoms with E-state index in [4.69, 9.17) is 9.47 Å². The molecule has 0 saturated heterocycles. The number of hydrogen-bond acceptors (Lipinski definition) is 3. The summed E-state index contributed by atoms with van der Waals surface area (Å²) < 4.78 is 11.7. The van der Waals surface area contributed by atoms with Crippen LogP contribution in [0.4, 0.5) is 0 Å². The zero-order valence-corrected chi connectivity index (χ0v) is 20.1. The van der Waals surface area contributed by atoms with Gasteiger partial charge in [-0.2, -0.15) is 11.8 Å². The van der Waals surface area contributed by atoms with Crippen LogP contribution in [-0.2, 0) is 9.47 Å². The van der Waals surface area contributed by atoms with Crippen LogP contribution in [0.3, 0.4) is 0 Å². The lowest BCUT2D eigenvalue weighted by Gasteiger charge is -2.23. The summed E-state index contributed by atoms with van der Waals surface area (Å²) in [5, 5.41) is 0. The van der Waals surface area contributed by atoms with Crippen LogP contribution in [0.25, 0.3) is 0 Å². The van der Waals surface area contributed by atoms with E-state index < -0.39 is 0 Å². The molecule has 0 spiro atoms. The summed E-state index contributed by atoms with van der Waals surface area (Å²) in [5.41, 5.74) is 1.63. The van der Waals surface area contributed by atoms with Gasteiger partial charge in [0.25, 0.3) is 0 Å². The van der Waals surface area contributed by atoms with Crippen molar-refractivity contribution in [2.75, 3.05) is 31.3 Å². The third kappa shape index (κ3) is 16.1. The Hall–Kier alpha value is -0.930. The maximum atomic E-state index is 5.94. The zero-order valence-electron chi connectivity index (χ0n) is 19.3. The summed E-state index contributed by atoms with van der Waals surface area (Å²) in [5.74, 6) is 3.30. The minimum Gasteiger partial charge on any atom is -0.497 e. The van der Waals surface area contributed by atoms with E-state index in [9.17, 15) is 0 Å². The van der Waals surface area contributed by atoms with Crippen molar-refractivity contribution in [1.82, 2.24) is 0 Å². The summed E-state index contributed by atoms with van der Waals surface area (Å²) in [6, 6.07) is 0. The van der Waals surface area contributed by atoms with E-state index in [0.717, 1.165) is 69.2 Å². The Morgan fingerprint density at radius 3 is 2.39 bits per heavy atom. The first-order valence-corrected chi connectivity index (χ1v) is 12.0. The summed E-state index contributed by atoms with van der Waals surface area (Å²) in [7, 11) is 0. The minimum absolute atomic E-state index is 0.0965. The summed E-state index contributed by atoms with van der Waals surface area (Å²) in [6.45, 7) is 15.4. The molecule has 0 fully saturated rings. The van der Waals surface area contributed by atoms with Crippen LogP contribution < -0.4 is 0 Å². The molecule has 2 nitrogen and oxygen atoms in total. The van der Waals surface area contributed by atoms with Gasteiger partial charge in [0, 0.05) is 17.8 Å². The van der Waals surface area contributed by atoms with E-state index >= 15 is 0 Å². The Balaban J connectivity index is 3.83. The van der Waals surface area contributed by atoms with Gasteiger partial charge < -0.3 is 9.47 Å². The predicted octanol–water partition coefficient (Wildman–Crippen LogP) is 7.73. The average Bonchev–Trinajstić information content (AvgIpc) is 2.64. The second kappa shape index (κ2) is 18.1. The average molecular weight is 409 g/mol. The van der Waals surface area contributed by atoms with Gasteiger partial charge in [-0.25, -0.2) is 0 Å². The number of rotatable bonds is 16. The molecule has 0 saturated carbocycles. The SMILES string of the molecule is C/C=C\C=C/CCCOCC/C(=C/CC)CCSCCO/C(=C\C)C(C)(C)C. The Labute approximate surface area is 179 Å². The first kappa shape index (κ1) is 27.1. The molecular formula is C25H44O2S. The van der Waals surface area contributed by atoms with Gasteiger partial charge in [0.1, 0.15) is 0 Å². The van der Waals surface area contributed by atoms with Crippen LogP contribution in [0.1, 0.15) is 73.6 Å². The van der Waals surface area contributed by atoms with Gasteiger partial charge in [0.2, 0.25) is 0 Å². The number of thioether (sulfide) groups is 1. The number of hydrogen-bond donors (Lipinski definition) is 0. The van der Waals surface area contributed by atoms with Crippen molar-refractivity contribution in [2.45, 2.75) is 73.6 Å². The standard InChI is InChI=1S/C25H44O2S/c1-7-10-11-12-13-14-18-26-19-16-23(15-8-2)17-21-28-22-20-27-24(9-3)25(4,5)6/h7,9-12,15H,8,13-14,16-22H2,1-6H3/b10-7-,12-11-,23-15-,24-9-. The monoisotopic (exact) mass is 408 g/mol. The molecule has 0 rings (SSSR count). The molecule has 3 heteroatoms. The van der Waals surface area contributed by atoms with E-state index in [1.807, 2.05) is 24.8 Å². The second-order valence-electron chi connectivity index (χ2n) is 7.84. The molecule has 0 aromatic rings. The molecule has 0 unspecified atom stereocenters. The molecule has 0 radical (unpaired) electrons. The van der Waals surface area contributed by atoms with Crippen LogP contribution in [0, 0.1) is 5.41 Å². The molecule has 0 heterocycles. The lowest BCUT2D eigenvalue weighted by Crippen LogP contribution is -2.13. The topological polar surface area (TPSA) is 18.5 Å². The molecule has 0 amide bonds. The maximum absolute atomic E-state index is 5.94. The number of ether oxygens (including phenoxy) is 2. The Morgan fingerprint density at radius 2 is 1.75 bits per heavy atom. The van der Waals surface area contributed by atoms with Crippen LogP contribution in [0.2, 0.25) is 0 Å². The molecule has 0 bridgehead atoms. The minimum atomic E-state index is 0.0965. The van der Waals surface area contributed by atoms with Gasteiger partial charge in [0.15, 0.2) is 0 Å². The van der Waals surface area contributed by atoms with Gasteiger partial charge in [-0.3, -0.25) is 0 Å².